The smallest absolute Gasteiger partial charge is 0.339 e. The molecule has 7 heteroatoms. The molecule has 33 heavy (non-hydrogen) atoms. The van der Waals surface area contributed by atoms with Crippen LogP contribution in [0.5, 0.6) is 0 Å². The zero-order valence-corrected chi connectivity index (χ0v) is 20.3. The summed E-state index contributed by atoms with van der Waals surface area (Å²) >= 11 is 0. The Kier molecular flexibility index (Phi) is 7.55. The van der Waals surface area contributed by atoms with Gasteiger partial charge in [-0.3, -0.25) is 10.1 Å². The van der Waals surface area contributed by atoms with Gasteiger partial charge in [0, 0.05) is 43.1 Å². The third-order valence-electron chi connectivity index (χ3n) is 7.20. The monoisotopic (exact) mass is 453 g/mol. The molecule has 0 saturated carbocycles. The van der Waals surface area contributed by atoms with Gasteiger partial charge in [0.15, 0.2) is 0 Å². The number of likely N-dealkylation sites (tertiary alicyclic amines) is 1. The summed E-state index contributed by atoms with van der Waals surface area (Å²) in [5.41, 5.74) is 0.0193. The molecule has 2 aromatic carbocycles. The van der Waals surface area contributed by atoms with Crippen LogP contribution in [0, 0.1) is 15.5 Å². The number of nitrogens with zero attached hydrogens (tertiary/aromatic N) is 3. The molecule has 2 aromatic rings. The average molecular weight is 454 g/mol. The third kappa shape index (κ3) is 4.94. The Balaban J connectivity index is 2.09. The molecule has 0 aromatic heterocycles. The first-order valence-electron chi connectivity index (χ1n) is 11.6. The molecule has 7 nitrogen and oxygen atoms in total. The molecule has 1 fully saturated rings. The number of piperidine rings is 1. The van der Waals surface area contributed by atoms with Crippen molar-refractivity contribution in [3.63, 3.8) is 0 Å². The number of nitro groups is 1. The maximum atomic E-state index is 13.5. The van der Waals surface area contributed by atoms with Crippen molar-refractivity contribution >= 4 is 11.7 Å². The molecule has 3 rings (SSSR count). The van der Waals surface area contributed by atoms with Crippen molar-refractivity contribution in [2.75, 3.05) is 33.2 Å². The van der Waals surface area contributed by atoms with Crippen molar-refractivity contribution in [2.45, 2.75) is 45.8 Å². The number of ether oxygens (including phenoxy) is 1. The molecule has 1 aliphatic rings. The number of esters is 1. The minimum absolute atomic E-state index is 0.0522. The Hall–Kier alpha value is -2.77. The highest BCUT2D eigenvalue weighted by Gasteiger charge is 2.57. The molecule has 1 heterocycles. The second kappa shape index (κ2) is 10.0. The van der Waals surface area contributed by atoms with Gasteiger partial charge in [-0.2, -0.15) is 0 Å². The number of hydrogen-bond donors (Lipinski definition) is 0. The van der Waals surface area contributed by atoms with Crippen LogP contribution in [0.3, 0.4) is 0 Å². The van der Waals surface area contributed by atoms with Gasteiger partial charge in [-0.05, 0) is 44.8 Å². The Labute approximate surface area is 196 Å². The van der Waals surface area contributed by atoms with Gasteiger partial charge in [0.1, 0.15) is 5.60 Å². The number of carbonyl (C=O) groups excluding carboxylic acids is 1. The summed E-state index contributed by atoms with van der Waals surface area (Å²) in [6, 6.07) is 15.9. The first-order chi connectivity index (χ1) is 15.7. The van der Waals surface area contributed by atoms with Crippen LogP contribution >= 0.6 is 0 Å². The zero-order valence-electron chi connectivity index (χ0n) is 20.3. The van der Waals surface area contributed by atoms with Crippen molar-refractivity contribution in [3.8, 4) is 0 Å². The molecule has 0 spiro atoms. The highest BCUT2D eigenvalue weighted by molar-refractivity contribution is 5.90. The van der Waals surface area contributed by atoms with Crippen molar-refractivity contribution in [3.05, 3.63) is 75.8 Å². The second-order valence-electron chi connectivity index (χ2n) is 9.38. The number of benzene rings is 2. The van der Waals surface area contributed by atoms with Gasteiger partial charge >= 0.3 is 5.97 Å². The summed E-state index contributed by atoms with van der Waals surface area (Å²) in [4.78, 5) is 28.7. The lowest BCUT2D eigenvalue weighted by atomic mass is 9.63. The van der Waals surface area contributed by atoms with Crippen LogP contribution < -0.4 is 0 Å². The van der Waals surface area contributed by atoms with E-state index in [9.17, 15) is 14.9 Å². The molecule has 0 aliphatic carbocycles. The highest BCUT2D eigenvalue weighted by atomic mass is 16.6. The SMILES string of the molecule is CCN(CC)CC1(C)CN(C)C(C)CC1(OC(=O)c1ccc([N+](=O)[O-])cc1)c1ccccc1. The first-order valence-corrected chi connectivity index (χ1v) is 11.6. The van der Waals surface area contributed by atoms with Crippen LogP contribution in [-0.2, 0) is 10.3 Å². The number of carbonyl (C=O) groups is 1. The molecule has 0 amide bonds. The van der Waals surface area contributed by atoms with Crippen LogP contribution in [0.2, 0.25) is 0 Å². The van der Waals surface area contributed by atoms with Gasteiger partial charge in [0.2, 0.25) is 0 Å². The maximum absolute atomic E-state index is 13.5. The number of nitro benzene ring substituents is 1. The van der Waals surface area contributed by atoms with Gasteiger partial charge in [0.25, 0.3) is 5.69 Å². The van der Waals surface area contributed by atoms with Gasteiger partial charge < -0.3 is 14.5 Å². The summed E-state index contributed by atoms with van der Waals surface area (Å²) in [7, 11) is 2.12. The minimum Gasteiger partial charge on any atom is -0.450 e. The molecule has 1 aliphatic heterocycles. The predicted molar refractivity (Wildman–Crippen MR) is 129 cm³/mol. The molecule has 0 N–H and O–H groups in total. The largest absolute Gasteiger partial charge is 0.450 e. The Morgan fingerprint density at radius 3 is 2.30 bits per heavy atom. The van der Waals surface area contributed by atoms with E-state index in [2.05, 4.69) is 44.5 Å². The fraction of sp³-hybridized carbons (Fsp3) is 0.500. The van der Waals surface area contributed by atoms with Crippen molar-refractivity contribution < 1.29 is 14.5 Å². The molecule has 3 atom stereocenters. The van der Waals surface area contributed by atoms with Gasteiger partial charge in [0.05, 0.1) is 10.5 Å². The molecule has 178 valence electrons. The lowest BCUT2D eigenvalue weighted by Crippen LogP contribution is -2.63. The lowest BCUT2D eigenvalue weighted by Gasteiger charge is -2.56. The Morgan fingerprint density at radius 1 is 1.15 bits per heavy atom. The quantitative estimate of drug-likeness (QED) is 0.327. The number of rotatable bonds is 8. The third-order valence-corrected chi connectivity index (χ3v) is 7.20. The van der Waals surface area contributed by atoms with E-state index in [1.807, 2.05) is 30.3 Å². The number of non-ortho nitro benzene ring substituents is 1. The summed E-state index contributed by atoms with van der Waals surface area (Å²) in [5, 5.41) is 11.0. The zero-order chi connectivity index (χ0) is 24.2. The maximum Gasteiger partial charge on any atom is 0.339 e. The molecular weight excluding hydrogens is 418 g/mol. The Bertz CT molecular complexity index is 961. The molecular formula is C26H35N3O4. The Morgan fingerprint density at radius 2 is 1.76 bits per heavy atom. The van der Waals surface area contributed by atoms with Crippen LogP contribution in [0.25, 0.3) is 0 Å². The van der Waals surface area contributed by atoms with E-state index >= 15 is 0 Å². The lowest BCUT2D eigenvalue weighted by molar-refractivity contribution is -0.384. The van der Waals surface area contributed by atoms with E-state index in [1.54, 1.807) is 0 Å². The topological polar surface area (TPSA) is 75.9 Å². The summed E-state index contributed by atoms with van der Waals surface area (Å²) in [5.74, 6) is -0.462. The van der Waals surface area contributed by atoms with Gasteiger partial charge in [-0.25, -0.2) is 4.79 Å². The minimum atomic E-state index is -0.846. The first kappa shape index (κ1) is 24.9. The van der Waals surface area contributed by atoms with E-state index in [0.717, 1.165) is 31.7 Å². The standard InChI is InChI=1S/C26H35N3O4/c1-6-28(7-2)19-25(4)18-27(5)20(3)17-26(25,22-11-9-8-10-12-22)33-24(30)21-13-15-23(16-14-21)29(31)32/h8-16,20H,6-7,17-19H2,1-5H3. The van der Waals surface area contributed by atoms with Crippen LogP contribution in [-0.4, -0.2) is 60.0 Å². The summed E-state index contributed by atoms with van der Waals surface area (Å²) in [6.45, 7) is 12.0. The number of hydrogen-bond acceptors (Lipinski definition) is 6. The molecule has 0 bridgehead atoms. The normalized spacial score (nSPS) is 25.7. The van der Waals surface area contributed by atoms with E-state index in [4.69, 9.17) is 4.74 Å². The van der Waals surface area contributed by atoms with E-state index in [0.29, 0.717) is 12.0 Å². The average Bonchev–Trinajstić information content (AvgIpc) is 2.81. The predicted octanol–water partition coefficient (Wildman–Crippen LogP) is 4.72. The summed E-state index contributed by atoms with van der Waals surface area (Å²) in [6.07, 6.45) is 0.657. The molecule has 0 radical (unpaired) electrons. The summed E-state index contributed by atoms with van der Waals surface area (Å²) < 4.78 is 6.51. The van der Waals surface area contributed by atoms with Crippen LogP contribution in [0.1, 0.15) is 50.0 Å². The highest BCUT2D eigenvalue weighted by Crippen LogP contribution is 2.51. The second-order valence-corrected chi connectivity index (χ2v) is 9.38. The van der Waals surface area contributed by atoms with Crippen LogP contribution in [0.15, 0.2) is 54.6 Å². The van der Waals surface area contributed by atoms with Crippen LogP contribution in [0.4, 0.5) is 5.69 Å². The van der Waals surface area contributed by atoms with Crippen molar-refractivity contribution in [2.24, 2.45) is 5.41 Å². The van der Waals surface area contributed by atoms with E-state index in [1.165, 1.54) is 24.3 Å². The fourth-order valence-electron chi connectivity index (χ4n) is 5.10. The van der Waals surface area contributed by atoms with Gasteiger partial charge in [-0.1, -0.05) is 51.1 Å². The van der Waals surface area contributed by atoms with E-state index in [-0.39, 0.29) is 17.1 Å². The molecule has 3 unspecified atom stereocenters. The fourth-order valence-corrected chi connectivity index (χ4v) is 5.10. The van der Waals surface area contributed by atoms with Gasteiger partial charge in [-0.15, -0.1) is 0 Å². The molecule has 1 saturated heterocycles. The van der Waals surface area contributed by atoms with Crippen molar-refractivity contribution in [1.29, 1.82) is 0 Å². The van der Waals surface area contributed by atoms with Crippen molar-refractivity contribution in [1.82, 2.24) is 9.80 Å². The van der Waals surface area contributed by atoms with E-state index < -0.39 is 16.5 Å².